The molecule has 0 aliphatic heterocycles. The van der Waals surface area contributed by atoms with Crippen LogP contribution < -0.4 is 5.32 Å². The van der Waals surface area contributed by atoms with Crippen molar-refractivity contribution in [2.24, 2.45) is 0 Å². The van der Waals surface area contributed by atoms with Crippen LogP contribution in [0.25, 0.3) is 0 Å². The van der Waals surface area contributed by atoms with Crippen LogP contribution in [0.3, 0.4) is 0 Å². The average Bonchev–Trinajstić information content (AvgIpc) is 2.20. The zero-order valence-corrected chi connectivity index (χ0v) is 9.13. The van der Waals surface area contributed by atoms with Crippen molar-refractivity contribution in [3.05, 3.63) is 35.4 Å². The molecule has 1 rings (SSSR count). The van der Waals surface area contributed by atoms with E-state index in [0.717, 1.165) is 5.56 Å². The zero-order chi connectivity index (χ0) is 11.1. The fourth-order valence-corrected chi connectivity index (χ4v) is 1.10. The maximum atomic E-state index is 10.6. The summed E-state index contributed by atoms with van der Waals surface area (Å²) in [4.78, 5) is 10.6. The molecule has 0 atom stereocenters. The summed E-state index contributed by atoms with van der Waals surface area (Å²) in [6, 6.07) is 8.08. The minimum absolute atomic E-state index is 0.00728. The van der Waals surface area contributed by atoms with Crippen molar-refractivity contribution in [2.75, 3.05) is 6.54 Å². The van der Waals surface area contributed by atoms with Crippen molar-refractivity contribution in [1.82, 2.24) is 5.32 Å². The van der Waals surface area contributed by atoms with Gasteiger partial charge in [-0.25, -0.2) is 0 Å². The van der Waals surface area contributed by atoms with Gasteiger partial charge in [-0.1, -0.05) is 29.5 Å². The van der Waals surface area contributed by atoms with Crippen molar-refractivity contribution in [3.63, 3.8) is 0 Å². The Morgan fingerprint density at radius 1 is 1.33 bits per heavy atom. The molecule has 1 aromatic rings. The van der Waals surface area contributed by atoms with Crippen LogP contribution in [0.2, 0.25) is 0 Å². The standard InChI is InChI=1S/C13H15NO/c1-11-6-8-13(9-7-11)5-3-4-10-14-12(2)15/h6-9H,4,10H2,1-2H3,(H,14,15). The Morgan fingerprint density at radius 2 is 2.00 bits per heavy atom. The molecular formula is C13H15NO. The van der Waals surface area contributed by atoms with Gasteiger partial charge in [-0.2, -0.15) is 0 Å². The Bertz CT molecular complexity index is 381. The lowest BCUT2D eigenvalue weighted by Crippen LogP contribution is -2.20. The maximum absolute atomic E-state index is 10.6. The van der Waals surface area contributed by atoms with Crippen molar-refractivity contribution in [3.8, 4) is 11.8 Å². The Kier molecular flexibility index (Phi) is 4.43. The molecule has 0 saturated carbocycles. The predicted octanol–water partition coefficient (Wildman–Crippen LogP) is 1.87. The normalized spacial score (nSPS) is 8.93. The van der Waals surface area contributed by atoms with E-state index in [1.807, 2.05) is 31.2 Å². The molecule has 0 aliphatic carbocycles. The van der Waals surface area contributed by atoms with Gasteiger partial charge in [0, 0.05) is 25.5 Å². The van der Waals surface area contributed by atoms with E-state index in [2.05, 4.69) is 17.2 Å². The number of benzene rings is 1. The second-order valence-corrected chi connectivity index (χ2v) is 3.40. The van der Waals surface area contributed by atoms with Crippen molar-refractivity contribution in [1.29, 1.82) is 0 Å². The fraction of sp³-hybridized carbons (Fsp3) is 0.308. The van der Waals surface area contributed by atoms with Gasteiger partial charge >= 0.3 is 0 Å². The minimum Gasteiger partial charge on any atom is -0.355 e. The van der Waals surface area contributed by atoms with Gasteiger partial charge in [-0.15, -0.1) is 0 Å². The molecule has 1 aromatic carbocycles. The van der Waals surface area contributed by atoms with E-state index in [-0.39, 0.29) is 5.91 Å². The molecule has 1 amide bonds. The van der Waals surface area contributed by atoms with Crippen LogP contribution in [0, 0.1) is 18.8 Å². The minimum atomic E-state index is -0.00728. The van der Waals surface area contributed by atoms with Crippen LogP contribution in [0.1, 0.15) is 24.5 Å². The summed E-state index contributed by atoms with van der Waals surface area (Å²) in [5.41, 5.74) is 2.25. The van der Waals surface area contributed by atoms with Gasteiger partial charge in [-0.3, -0.25) is 4.79 Å². The molecular weight excluding hydrogens is 186 g/mol. The third-order valence-electron chi connectivity index (χ3n) is 1.91. The van der Waals surface area contributed by atoms with Crippen molar-refractivity contribution >= 4 is 5.91 Å². The van der Waals surface area contributed by atoms with Crippen LogP contribution in [0.15, 0.2) is 24.3 Å². The fourth-order valence-electron chi connectivity index (χ4n) is 1.10. The second kappa shape index (κ2) is 5.87. The molecule has 1 N–H and O–H groups in total. The van der Waals surface area contributed by atoms with Crippen molar-refractivity contribution in [2.45, 2.75) is 20.3 Å². The number of amides is 1. The largest absolute Gasteiger partial charge is 0.355 e. The molecule has 0 aromatic heterocycles. The van der Waals surface area contributed by atoms with Gasteiger partial charge < -0.3 is 5.32 Å². The van der Waals surface area contributed by atoms with Crippen LogP contribution >= 0.6 is 0 Å². The second-order valence-electron chi connectivity index (χ2n) is 3.40. The van der Waals surface area contributed by atoms with E-state index in [1.165, 1.54) is 12.5 Å². The highest BCUT2D eigenvalue weighted by Gasteiger charge is 1.87. The topological polar surface area (TPSA) is 29.1 Å². The van der Waals surface area contributed by atoms with Crippen LogP contribution in [-0.2, 0) is 4.79 Å². The summed E-state index contributed by atoms with van der Waals surface area (Å²) in [5.74, 6) is 6.05. The number of hydrogen-bond acceptors (Lipinski definition) is 1. The molecule has 2 nitrogen and oxygen atoms in total. The first-order valence-electron chi connectivity index (χ1n) is 4.98. The highest BCUT2D eigenvalue weighted by molar-refractivity contribution is 5.72. The van der Waals surface area contributed by atoms with E-state index in [9.17, 15) is 4.79 Å². The van der Waals surface area contributed by atoms with Gasteiger partial charge in [0.1, 0.15) is 0 Å². The molecule has 78 valence electrons. The smallest absolute Gasteiger partial charge is 0.216 e. The highest BCUT2D eigenvalue weighted by Crippen LogP contribution is 2.00. The van der Waals surface area contributed by atoms with E-state index < -0.39 is 0 Å². The number of carbonyl (C=O) groups is 1. The Balaban J connectivity index is 2.38. The van der Waals surface area contributed by atoms with Crippen LogP contribution in [-0.4, -0.2) is 12.5 Å². The monoisotopic (exact) mass is 201 g/mol. The molecule has 0 spiro atoms. The molecule has 0 radical (unpaired) electrons. The predicted molar refractivity (Wildman–Crippen MR) is 61.4 cm³/mol. The molecule has 15 heavy (non-hydrogen) atoms. The summed E-state index contributed by atoms with van der Waals surface area (Å²) in [5, 5.41) is 2.70. The third-order valence-corrected chi connectivity index (χ3v) is 1.91. The molecule has 0 fully saturated rings. The molecule has 0 bridgehead atoms. The highest BCUT2D eigenvalue weighted by atomic mass is 16.1. The molecule has 0 unspecified atom stereocenters. The first-order chi connectivity index (χ1) is 7.18. The lowest BCUT2D eigenvalue weighted by atomic mass is 10.1. The summed E-state index contributed by atoms with van der Waals surface area (Å²) in [6.07, 6.45) is 0.688. The van der Waals surface area contributed by atoms with E-state index in [1.54, 1.807) is 0 Å². The lowest BCUT2D eigenvalue weighted by Gasteiger charge is -1.95. The zero-order valence-electron chi connectivity index (χ0n) is 9.13. The average molecular weight is 201 g/mol. The number of aryl methyl sites for hydroxylation is 1. The quantitative estimate of drug-likeness (QED) is 0.574. The summed E-state index contributed by atoms with van der Waals surface area (Å²) in [7, 11) is 0. The number of carbonyl (C=O) groups excluding carboxylic acids is 1. The maximum Gasteiger partial charge on any atom is 0.216 e. The van der Waals surface area contributed by atoms with Gasteiger partial charge in [0.05, 0.1) is 0 Å². The SMILES string of the molecule is CC(=O)NCCC#Cc1ccc(C)cc1. The number of hydrogen-bond donors (Lipinski definition) is 1. The van der Waals surface area contributed by atoms with E-state index in [4.69, 9.17) is 0 Å². The Morgan fingerprint density at radius 3 is 2.60 bits per heavy atom. The van der Waals surface area contributed by atoms with Crippen LogP contribution in [0.5, 0.6) is 0 Å². The Hall–Kier alpha value is -1.75. The first kappa shape index (κ1) is 11.3. The summed E-state index contributed by atoms with van der Waals surface area (Å²) < 4.78 is 0. The third kappa shape index (κ3) is 4.87. The van der Waals surface area contributed by atoms with E-state index >= 15 is 0 Å². The van der Waals surface area contributed by atoms with Crippen LogP contribution in [0.4, 0.5) is 0 Å². The van der Waals surface area contributed by atoms with Crippen molar-refractivity contribution < 1.29 is 4.79 Å². The van der Waals surface area contributed by atoms with Gasteiger partial charge in [-0.05, 0) is 19.1 Å². The summed E-state index contributed by atoms with van der Waals surface area (Å²) in [6.45, 7) is 4.18. The van der Waals surface area contributed by atoms with Gasteiger partial charge in [0.2, 0.25) is 5.91 Å². The van der Waals surface area contributed by atoms with E-state index in [0.29, 0.717) is 13.0 Å². The number of rotatable bonds is 2. The molecule has 0 saturated heterocycles. The molecule has 0 aliphatic rings. The Labute approximate surface area is 90.7 Å². The van der Waals surface area contributed by atoms with Gasteiger partial charge in [0.25, 0.3) is 0 Å². The first-order valence-corrected chi connectivity index (χ1v) is 4.98. The number of nitrogens with one attached hydrogen (secondary N) is 1. The lowest BCUT2D eigenvalue weighted by molar-refractivity contribution is -0.118. The van der Waals surface area contributed by atoms with Gasteiger partial charge in [0.15, 0.2) is 0 Å². The molecule has 2 heteroatoms. The molecule has 0 heterocycles. The summed E-state index contributed by atoms with van der Waals surface area (Å²) >= 11 is 0.